The zero-order valence-electron chi connectivity index (χ0n) is 10.1. The Kier molecular flexibility index (Phi) is 3.89. The molecule has 1 aromatic rings. The van der Waals surface area contributed by atoms with E-state index in [9.17, 15) is 0 Å². The van der Waals surface area contributed by atoms with Gasteiger partial charge in [0.1, 0.15) is 0 Å². The van der Waals surface area contributed by atoms with Crippen LogP contribution in [-0.4, -0.2) is 12.1 Å². The molecule has 0 bridgehead atoms. The Morgan fingerprint density at radius 1 is 1.27 bits per heavy atom. The molecule has 0 radical (unpaired) electrons. The minimum Gasteiger partial charge on any atom is -0.367 e. The summed E-state index contributed by atoms with van der Waals surface area (Å²) in [6.45, 7) is 8.75. The molecule has 2 N–H and O–H groups in total. The van der Waals surface area contributed by atoms with Crippen molar-refractivity contribution in [3.05, 3.63) is 35.4 Å². The van der Waals surface area contributed by atoms with Gasteiger partial charge in [-0.1, -0.05) is 24.3 Å². The third-order valence-corrected chi connectivity index (χ3v) is 2.25. The molecular formula is C13H21NO. The molecule has 0 fully saturated rings. The van der Waals surface area contributed by atoms with Gasteiger partial charge in [0.15, 0.2) is 0 Å². The average molecular weight is 207 g/mol. The van der Waals surface area contributed by atoms with Crippen molar-refractivity contribution in [2.45, 2.75) is 39.4 Å². The first kappa shape index (κ1) is 12.2. The molecule has 0 aliphatic carbocycles. The fourth-order valence-electron chi connectivity index (χ4n) is 1.61. The summed E-state index contributed by atoms with van der Waals surface area (Å²) in [5.41, 5.74) is 8.02. The lowest BCUT2D eigenvalue weighted by atomic mass is 10.0. The number of hydrogen-bond donors (Lipinski definition) is 1. The summed E-state index contributed by atoms with van der Waals surface area (Å²) in [6, 6.07) is 8.23. The number of hydrogen-bond acceptors (Lipinski definition) is 2. The monoisotopic (exact) mass is 207 g/mol. The van der Waals surface area contributed by atoms with E-state index in [-0.39, 0.29) is 11.7 Å². The van der Waals surface area contributed by atoms with Crippen molar-refractivity contribution in [3.63, 3.8) is 0 Å². The second-order valence-corrected chi connectivity index (χ2v) is 4.81. The summed E-state index contributed by atoms with van der Waals surface area (Å²) in [7, 11) is 0. The topological polar surface area (TPSA) is 35.2 Å². The first-order valence-electron chi connectivity index (χ1n) is 5.37. The zero-order chi connectivity index (χ0) is 11.5. The van der Waals surface area contributed by atoms with Crippen LogP contribution < -0.4 is 5.73 Å². The van der Waals surface area contributed by atoms with E-state index in [2.05, 4.69) is 19.1 Å². The lowest BCUT2D eigenvalue weighted by molar-refractivity contribution is -0.0575. The van der Waals surface area contributed by atoms with Crippen LogP contribution in [0, 0.1) is 6.92 Å². The molecule has 0 saturated heterocycles. The quantitative estimate of drug-likeness (QED) is 0.827. The average Bonchev–Trinajstić information content (AvgIpc) is 2.14. The standard InChI is InChI=1S/C13H21NO/c1-10-7-5-6-8-11(10)12(9-14)15-13(2,3)4/h5-8,12H,9,14H2,1-4H3. The van der Waals surface area contributed by atoms with Crippen LogP contribution in [0.1, 0.15) is 38.0 Å². The highest BCUT2D eigenvalue weighted by Crippen LogP contribution is 2.25. The van der Waals surface area contributed by atoms with Crippen molar-refractivity contribution in [3.8, 4) is 0 Å². The molecule has 1 unspecified atom stereocenters. The highest BCUT2D eigenvalue weighted by atomic mass is 16.5. The maximum Gasteiger partial charge on any atom is 0.0956 e. The lowest BCUT2D eigenvalue weighted by Crippen LogP contribution is -2.27. The Morgan fingerprint density at radius 2 is 1.87 bits per heavy atom. The number of benzene rings is 1. The molecule has 0 spiro atoms. The predicted octanol–water partition coefficient (Wildman–Crippen LogP) is 2.81. The molecular weight excluding hydrogens is 186 g/mol. The fourth-order valence-corrected chi connectivity index (χ4v) is 1.61. The van der Waals surface area contributed by atoms with E-state index in [1.165, 1.54) is 11.1 Å². The van der Waals surface area contributed by atoms with Gasteiger partial charge in [0.2, 0.25) is 0 Å². The second-order valence-electron chi connectivity index (χ2n) is 4.81. The molecule has 0 heterocycles. The van der Waals surface area contributed by atoms with Gasteiger partial charge in [-0.25, -0.2) is 0 Å². The molecule has 15 heavy (non-hydrogen) atoms. The molecule has 84 valence electrons. The van der Waals surface area contributed by atoms with Gasteiger partial charge in [0, 0.05) is 6.54 Å². The van der Waals surface area contributed by atoms with Crippen molar-refractivity contribution in [1.29, 1.82) is 0 Å². The van der Waals surface area contributed by atoms with E-state index in [0.717, 1.165) is 0 Å². The molecule has 1 aromatic carbocycles. The van der Waals surface area contributed by atoms with Crippen LogP contribution in [-0.2, 0) is 4.74 Å². The Balaban J connectivity index is 2.88. The second kappa shape index (κ2) is 4.77. The fraction of sp³-hybridized carbons (Fsp3) is 0.538. The highest BCUT2D eigenvalue weighted by Gasteiger charge is 2.20. The van der Waals surface area contributed by atoms with Gasteiger partial charge >= 0.3 is 0 Å². The van der Waals surface area contributed by atoms with Crippen LogP contribution in [0.3, 0.4) is 0 Å². The normalized spacial score (nSPS) is 13.9. The summed E-state index contributed by atoms with van der Waals surface area (Å²) in [5, 5.41) is 0. The summed E-state index contributed by atoms with van der Waals surface area (Å²) in [5.74, 6) is 0. The van der Waals surface area contributed by atoms with E-state index < -0.39 is 0 Å². The molecule has 0 amide bonds. The Hall–Kier alpha value is -0.860. The molecule has 0 aliphatic heterocycles. The molecule has 2 nitrogen and oxygen atoms in total. The largest absolute Gasteiger partial charge is 0.367 e. The Morgan fingerprint density at radius 3 is 2.33 bits per heavy atom. The molecule has 2 heteroatoms. The van der Waals surface area contributed by atoms with Crippen molar-refractivity contribution in [1.82, 2.24) is 0 Å². The summed E-state index contributed by atoms with van der Waals surface area (Å²) < 4.78 is 5.93. The number of ether oxygens (including phenoxy) is 1. The van der Waals surface area contributed by atoms with Gasteiger partial charge < -0.3 is 10.5 Å². The SMILES string of the molecule is Cc1ccccc1C(CN)OC(C)(C)C. The smallest absolute Gasteiger partial charge is 0.0956 e. The van der Waals surface area contributed by atoms with E-state index in [4.69, 9.17) is 10.5 Å². The maximum atomic E-state index is 5.93. The summed E-state index contributed by atoms with van der Waals surface area (Å²) >= 11 is 0. The van der Waals surface area contributed by atoms with E-state index in [1.54, 1.807) is 0 Å². The zero-order valence-corrected chi connectivity index (χ0v) is 10.1. The first-order valence-corrected chi connectivity index (χ1v) is 5.37. The number of aryl methyl sites for hydroxylation is 1. The minimum atomic E-state index is -0.160. The summed E-state index contributed by atoms with van der Waals surface area (Å²) in [4.78, 5) is 0. The number of nitrogens with two attached hydrogens (primary N) is 1. The first-order chi connectivity index (χ1) is 6.94. The number of rotatable bonds is 3. The van der Waals surface area contributed by atoms with Gasteiger partial charge in [-0.3, -0.25) is 0 Å². The third-order valence-electron chi connectivity index (χ3n) is 2.25. The van der Waals surface area contributed by atoms with Crippen LogP contribution >= 0.6 is 0 Å². The van der Waals surface area contributed by atoms with Crippen LogP contribution in [0.4, 0.5) is 0 Å². The molecule has 1 rings (SSSR count). The minimum absolute atomic E-state index is 0.00815. The lowest BCUT2D eigenvalue weighted by Gasteiger charge is -2.27. The molecule has 0 aromatic heterocycles. The molecule has 1 atom stereocenters. The van der Waals surface area contributed by atoms with Crippen molar-refractivity contribution >= 4 is 0 Å². The van der Waals surface area contributed by atoms with Crippen molar-refractivity contribution in [2.75, 3.05) is 6.54 Å². The van der Waals surface area contributed by atoms with Gasteiger partial charge in [0.25, 0.3) is 0 Å². The van der Waals surface area contributed by atoms with Crippen LogP contribution in [0.15, 0.2) is 24.3 Å². The van der Waals surface area contributed by atoms with E-state index in [1.807, 2.05) is 32.9 Å². The Bertz CT molecular complexity index is 315. The van der Waals surface area contributed by atoms with Crippen LogP contribution in [0.2, 0.25) is 0 Å². The van der Waals surface area contributed by atoms with E-state index in [0.29, 0.717) is 6.54 Å². The molecule has 0 saturated carbocycles. The molecule has 0 aliphatic rings. The van der Waals surface area contributed by atoms with Crippen molar-refractivity contribution in [2.24, 2.45) is 5.73 Å². The summed E-state index contributed by atoms with van der Waals surface area (Å²) in [6.07, 6.45) is -0.00815. The van der Waals surface area contributed by atoms with Crippen LogP contribution in [0.25, 0.3) is 0 Å². The predicted molar refractivity (Wildman–Crippen MR) is 63.8 cm³/mol. The third kappa shape index (κ3) is 3.65. The Labute approximate surface area is 92.4 Å². The van der Waals surface area contributed by atoms with Gasteiger partial charge in [-0.2, -0.15) is 0 Å². The van der Waals surface area contributed by atoms with E-state index >= 15 is 0 Å². The maximum absolute atomic E-state index is 5.93. The van der Waals surface area contributed by atoms with Crippen LogP contribution in [0.5, 0.6) is 0 Å². The van der Waals surface area contributed by atoms with Gasteiger partial charge in [-0.05, 0) is 38.8 Å². The van der Waals surface area contributed by atoms with Crippen molar-refractivity contribution < 1.29 is 4.74 Å². The van der Waals surface area contributed by atoms with Gasteiger partial charge in [-0.15, -0.1) is 0 Å². The van der Waals surface area contributed by atoms with Gasteiger partial charge in [0.05, 0.1) is 11.7 Å². The highest BCUT2D eigenvalue weighted by molar-refractivity contribution is 5.28.